The van der Waals surface area contributed by atoms with E-state index in [4.69, 9.17) is 10.00 Å². The molecular formula is C8H6N4O. The van der Waals surface area contributed by atoms with Crippen LogP contribution in [0.4, 0.5) is 0 Å². The number of ether oxygens (including phenoxy) is 1. The molecule has 0 fully saturated rings. The fourth-order valence-electron chi connectivity index (χ4n) is 1.07. The molecule has 5 heteroatoms. The topological polar surface area (TPSA) is 63.7 Å². The van der Waals surface area contributed by atoms with Crippen LogP contribution in [0.25, 0.3) is 11.0 Å². The molecule has 0 N–H and O–H groups in total. The normalized spacial score (nSPS) is 9.85. The van der Waals surface area contributed by atoms with E-state index in [2.05, 4.69) is 10.2 Å². The van der Waals surface area contributed by atoms with Crippen LogP contribution in [0.1, 0.15) is 0 Å². The monoisotopic (exact) mass is 174 g/mol. The third kappa shape index (κ3) is 1.18. The molecule has 0 unspecified atom stereocenters. The molecule has 13 heavy (non-hydrogen) atoms. The number of nitriles is 1. The fourth-order valence-corrected chi connectivity index (χ4v) is 1.07. The van der Waals surface area contributed by atoms with E-state index in [1.165, 1.54) is 0 Å². The Balaban J connectivity index is 2.65. The van der Waals surface area contributed by atoms with Crippen molar-refractivity contribution in [2.75, 3.05) is 7.11 Å². The lowest BCUT2D eigenvalue weighted by Crippen LogP contribution is -1.90. The van der Waals surface area contributed by atoms with Crippen molar-refractivity contribution in [3.63, 3.8) is 0 Å². The molecular weight excluding hydrogens is 168 g/mol. The van der Waals surface area contributed by atoms with Crippen molar-refractivity contribution < 1.29 is 4.74 Å². The van der Waals surface area contributed by atoms with E-state index in [9.17, 15) is 0 Å². The number of hydrogen-bond acceptors (Lipinski definition) is 4. The molecule has 0 saturated carbocycles. The Hall–Kier alpha value is -2.09. The third-order valence-corrected chi connectivity index (χ3v) is 1.68. The van der Waals surface area contributed by atoms with Crippen LogP contribution in [0.3, 0.4) is 0 Å². The number of methoxy groups -OCH3 is 1. The summed E-state index contributed by atoms with van der Waals surface area (Å²) in [4.78, 5) is 0.976. The quantitative estimate of drug-likeness (QED) is 0.640. The zero-order valence-electron chi connectivity index (χ0n) is 6.93. The Morgan fingerprint density at radius 2 is 2.15 bits per heavy atom. The molecule has 0 saturated heterocycles. The summed E-state index contributed by atoms with van der Waals surface area (Å²) in [6.45, 7) is 0. The van der Waals surface area contributed by atoms with Crippen LogP contribution < -0.4 is 4.74 Å². The van der Waals surface area contributed by atoms with Crippen LogP contribution in [-0.2, 0) is 0 Å². The molecule has 0 atom stereocenters. The van der Waals surface area contributed by atoms with Crippen LogP contribution >= 0.6 is 0 Å². The predicted octanol–water partition coefficient (Wildman–Crippen LogP) is 0.769. The minimum absolute atomic E-state index is 0.654. The Morgan fingerprint density at radius 1 is 1.38 bits per heavy atom. The van der Waals surface area contributed by atoms with Crippen LogP contribution in [0, 0.1) is 11.5 Å². The summed E-state index contributed by atoms with van der Waals surface area (Å²) in [5.41, 5.74) is 1.34. The molecule has 0 aliphatic rings. The van der Waals surface area contributed by atoms with E-state index in [0.717, 1.165) is 4.80 Å². The maximum absolute atomic E-state index is 8.52. The lowest BCUT2D eigenvalue weighted by Gasteiger charge is -1.95. The highest BCUT2D eigenvalue weighted by Crippen LogP contribution is 2.16. The summed E-state index contributed by atoms with van der Waals surface area (Å²) in [5, 5.41) is 16.3. The summed E-state index contributed by atoms with van der Waals surface area (Å²) in [6.07, 6.45) is 1.81. The minimum Gasteiger partial charge on any atom is -0.497 e. The van der Waals surface area contributed by atoms with Gasteiger partial charge in [-0.1, -0.05) is 4.80 Å². The van der Waals surface area contributed by atoms with Gasteiger partial charge in [0.2, 0.25) is 6.19 Å². The van der Waals surface area contributed by atoms with Crippen molar-refractivity contribution in [2.45, 2.75) is 0 Å². The second kappa shape index (κ2) is 2.75. The van der Waals surface area contributed by atoms with E-state index < -0.39 is 0 Å². The lowest BCUT2D eigenvalue weighted by molar-refractivity contribution is 0.415. The molecule has 0 bridgehead atoms. The molecule has 0 spiro atoms. The first-order valence-corrected chi connectivity index (χ1v) is 3.64. The highest BCUT2D eigenvalue weighted by atomic mass is 16.5. The standard InChI is InChI=1S/C8H6N4O/c1-13-6-2-3-7-8(4-6)11-12(5-9)10-7/h2-4H,1H3. The Labute approximate surface area is 74.1 Å². The van der Waals surface area contributed by atoms with Gasteiger partial charge in [0.15, 0.2) is 0 Å². The van der Waals surface area contributed by atoms with Gasteiger partial charge in [-0.25, -0.2) is 0 Å². The lowest BCUT2D eigenvalue weighted by atomic mass is 10.3. The highest BCUT2D eigenvalue weighted by molar-refractivity contribution is 5.75. The molecule has 5 nitrogen and oxygen atoms in total. The molecule has 64 valence electrons. The zero-order chi connectivity index (χ0) is 9.26. The second-order valence-electron chi connectivity index (χ2n) is 2.44. The van der Waals surface area contributed by atoms with Crippen molar-refractivity contribution in [2.24, 2.45) is 0 Å². The van der Waals surface area contributed by atoms with Crippen molar-refractivity contribution in [3.8, 4) is 11.9 Å². The van der Waals surface area contributed by atoms with Gasteiger partial charge >= 0.3 is 0 Å². The maximum atomic E-state index is 8.52. The fraction of sp³-hybridized carbons (Fsp3) is 0.125. The Morgan fingerprint density at radius 3 is 2.85 bits per heavy atom. The van der Waals surface area contributed by atoms with E-state index in [0.29, 0.717) is 16.8 Å². The number of fused-ring (bicyclic) bond motifs is 1. The van der Waals surface area contributed by atoms with E-state index in [1.807, 2.05) is 6.19 Å². The van der Waals surface area contributed by atoms with Crippen LogP contribution in [-0.4, -0.2) is 22.1 Å². The molecule has 1 aromatic heterocycles. The molecule has 1 heterocycles. The van der Waals surface area contributed by atoms with Crippen molar-refractivity contribution in [3.05, 3.63) is 18.2 Å². The molecule has 1 aromatic carbocycles. The van der Waals surface area contributed by atoms with Gasteiger partial charge < -0.3 is 4.74 Å². The Bertz CT molecular complexity index is 482. The molecule has 2 rings (SSSR count). The second-order valence-corrected chi connectivity index (χ2v) is 2.44. The summed E-state index contributed by atoms with van der Waals surface area (Å²) >= 11 is 0. The van der Waals surface area contributed by atoms with Gasteiger partial charge in [0.25, 0.3) is 0 Å². The summed E-state index contributed by atoms with van der Waals surface area (Å²) in [6, 6.07) is 5.27. The van der Waals surface area contributed by atoms with Crippen LogP contribution in [0.2, 0.25) is 0 Å². The number of aromatic nitrogens is 3. The van der Waals surface area contributed by atoms with Gasteiger partial charge in [-0.3, -0.25) is 0 Å². The molecule has 2 aromatic rings. The number of rotatable bonds is 1. The van der Waals surface area contributed by atoms with Gasteiger partial charge in [-0.15, -0.1) is 10.2 Å². The zero-order valence-corrected chi connectivity index (χ0v) is 6.93. The average molecular weight is 174 g/mol. The van der Waals surface area contributed by atoms with Crippen LogP contribution in [0.15, 0.2) is 18.2 Å². The van der Waals surface area contributed by atoms with E-state index in [-0.39, 0.29) is 0 Å². The van der Waals surface area contributed by atoms with E-state index >= 15 is 0 Å². The summed E-state index contributed by atoms with van der Waals surface area (Å²) in [7, 11) is 1.58. The van der Waals surface area contributed by atoms with Gasteiger partial charge in [0.1, 0.15) is 16.8 Å². The van der Waals surface area contributed by atoms with Crippen molar-refractivity contribution >= 4 is 11.0 Å². The minimum atomic E-state index is 0.654. The first kappa shape index (κ1) is 7.55. The highest BCUT2D eigenvalue weighted by Gasteiger charge is 2.02. The third-order valence-electron chi connectivity index (χ3n) is 1.68. The first-order chi connectivity index (χ1) is 6.33. The smallest absolute Gasteiger partial charge is 0.225 e. The van der Waals surface area contributed by atoms with Crippen LogP contribution in [0.5, 0.6) is 5.75 Å². The number of hydrogen-bond donors (Lipinski definition) is 0. The summed E-state index contributed by atoms with van der Waals surface area (Å²) < 4.78 is 5.01. The van der Waals surface area contributed by atoms with Crippen molar-refractivity contribution in [1.29, 1.82) is 5.26 Å². The SMILES string of the molecule is COc1ccc2nn(C#N)nc2c1. The predicted molar refractivity (Wildman–Crippen MR) is 45.1 cm³/mol. The molecule has 0 amide bonds. The number of nitrogens with zero attached hydrogens (tertiary/aromatic N) is 4. The van der Waals surface area contributed by atoms with E-state index in [1.54, 1.807) is 25.3 Å². The van der Waals surface area contributed by atoms with Gasteiger partial charge in [-0.2, -0.15) is 5.26 Å². The molecule has 0 radical (unpaired) electrons. The van der Waals surface area contributed by atoms with Gasteiger partial charge in [0.05, 0.1) is 7.11 Å². The van der Waals surface area contributed by atoms with Crippen molar-refractivity contribution in [1.82, 2.24) is 15.0 Å². The molecule has 0 aliphatic carbocycles. The van der Waals surface area contributed by atoms with Gasteiger partial charge in [-0.05, 0) is 12.1 Å². The molecule has 0 aliphatic heterocycles. The Kier molecular flexibility index (Phi) is 1.60. The maximum Gasteiger partial charge on any atom is 0.225 e. The average Bonchev–Trinajstić information content (AvgIpc) is 2.58. The first-order valence-electron chi connectivity index (χ1n) is 3.64. The number of benzene rings is 1. The van der Waals surface area contributed by atoms with Gasteiger partial charge in [0, 0.05) is 6.07 Å². The summed E-state index contributed by atoms with van der Waals surface area (Å²) in [5.74, 6) is 0.706. The largest absolute Gasteiger partial charge is 0.497 e.